The lowest BCUT2D eigenvalue weighted by molar-refractivity contribution is 0.452. The van der Waals surface area contributed by atoms with Gasteiger partial charge in [-0.1, -0.05) is 91.5 Å². The summed E-state index contributed by atoms with van der Waals surface area (Å²) in [4.78, 5) is 0. The van der Waals surface area contributed by atoms with E-state index < -0.39 is 0 Å². The Labute approximate surface area is 167 Å². The molecular weight excluding hydrogens is 338 g/mol. The van der Waals surface area contributed by atoms with Crippen molar-refractivity contribution in [2.75, 3.05) is 0 Å². The van der Waals surface area contributed by atoms with Crippen LogP contribution < -0.4 is 4.48 Å². The number of para-hydroxylation sites is 3. The maximum absolute atomic E-state index is 4.26. The predicted molar refractivity (Wildman–Crippen MR) is 120 cm³/mol. The van der Waals surface area contributed by atoms with Gasteiger partial charge in [-0.2, -0.15) is 0 Å². The van der Waals surface area contributed by atoms with Gasteiger partial charge in [-0.3, -0.25) is 0 Å². The fourth-order valence-corrected chi connectivity index (χ4v) is 4.09. The van der Waals surface area contributed by atoms with E-state index in [1.165, 1.54) is 22.6 Å². The van der Waals surface area contributed by atoms with Crippen LogP contribution in [-0.2, 0) is 0 Å². The molecule has 0 amide bonds. The lowest BCUT2D eigenvalue weighted by Crippen LogP contribution is -2.41. The summed E-state index contributed by atoms with van der Waals surface area (Å²) in [6, 6.07) is 42.8. The van der Waals surface area contributed by atoms with Crippen LogP contribution in [0.1, 0.15) is 11.6 Å². The van der Waals surface area contributed by atoms with Crippen LogP contribution in [0.4, 0.5) is 17.1 Å². The lowest BCUT2D eigenvalue weighted by atomic mass is 9.97. The smallest absolute Gasteiger partial charge is 0.147 e. The molecule has 0 heterocycles. The highest BCUT2D eigenvalue weighted by molar-refractivity contribution is 5.73. The van der Waals surface area contributed by atoms with E-state index in [0.717, 1.165) is 0 Å². The molecule has 0 spiro atoms. The minimum atomic E-state index is 0.0217. The predicted octanol–water partition coefficient (Wildman–Crippen LogP) is 7.58. The van der Waals surface area contributed by atoms with Crippen molar-refractivity contribution >= 4 is 17.1 Å². The third-order valence-corrected chi connectivity index (χ3v) is 5.27. The van der Waals surface area contributed by atoms with Gasteiger partial charge in [0.1, 0.15) is 23.1 Å². The van der Waals surface area contributed by atoms with Crippen LogP contribution in [0.5, 0.6) is 0 Å². The molecule has 0 fully saturated rings. The number of quaternary nitrogens is 1. The summed E-state index contributed by atoms with van der Waals surface area (Å²) in [5.74, 6) is 0. The molecule has 1 nitrogen and oxygen atoms in total. The Morgan fingerprint density at radius 3 is 1.14 bits per heavy atom. The SMILES string of the molecule is C=CC(c1ccccc1)[N+](c1ccccc1)(c1ccccc1)c1ccccc1. The summed E-state index contributed by atoms with van der Waals surface area (Å²) >= 11 is 0. The van der Waals surface area contributed by atoms with E-state index in [4.69, 9.17) is 0 Å². The van der Waals surface area contributed by atoms with E-state index >= 15 is 0 Å². The highest BCUT2D eigenvalue weighted by Gasteiger charge is 2.43. The van der Waals surface area contributed by atoms with Crippen LogP contribution in [0.15, 0.2) is 134 Å². The zero-order chi connectivity index (χ0) is 19.2. The van der Waals surface area contributed by atoms with Gasteiger partial charge in [0.25, 0.3) is 0 Å². The van der Waals surface area contributed by atoms with E-state index in [-0.39, 0.29) is 6.04 Å². The first-order chi connectivity index (χ1) is 13.9. The maximum Gasteiger partial charge on any atom is 0.147 e. The van der Waals surface area contributed by atoms with Gasteiger partial charge in [0.15, 0.2) is 0 Å². The van der Waals surface area contributed by atoms with Crippen molar-refractivity contribution in [3.63, 3.8) is 0 Å². The van der Waals surface area contributed by atoms with Gasteiger partial charge in [0.05, 0.1) is 0 Å². The zero-order valence-corrected chi connectivity index (χ0v) is 15.9. The molecule has 0 aliphatic rings. The second-order valence-electron chi connectivity index (χ2n) is 6.82. The van der Waals surface area contributed by atoms with Crippen molar-refractivity contribution in [2.45, 2.75) is 6.04 Å². The van der Waals surface area contributed by atoms with Gasteiger partial charge >= 0.3 is 0 Å². The van der Waals surface area contributed by atoms with E-state index in [1.54, 1.807) is 0 Å². The number of hydrogen-bond donors (Lipinski definition) is 0. The van der Waals surface area contributed by atoms with Gasteiger partial charge in [-0.15, -0.1) is 0 Å². The molecule has 0 N–H and O–H groups in total. The average Bonchev–Trinajstić information content (AvgIpc) is 2.80. The highest BCUT2D eigenvalue weighted by Crippen LogP contribution is 2.51. The van der Waals surface area contributed by atoms with Crippen molar-refractivity contribution in [3.05, 3.63) is 140 Å². The molecule has 136 valence electrons. The Bertz CT molecular complexity index is 912. The monoisotopic (exact) mass is 362 g/mol. The fourth-order valence-electron chi connectivity index (χ4n) is 4.09. The molecule has 0 saturated heterocycles. The molecule has 1 unspecified atom stereocenters. The molecular formula is C27H24N+. The van der Waals surface area contributed by atoms with Crippen LogP contribution in [0, 0.1) is 0 Å². The Morgan fingerprint density at radius 1 is 0.500 bits per heavy atom. The number of nitrogens with zero attached hydrogens (tertiary/aromatic N) is 1. The average molecular weight is 362 g/mol. The molecule has 0 radical (unpaired) electrons. The topological polar surface area (TPSA) is 0 Å². The van der Waals surface area contributed by atoms with E-state index in [1.807, 2.05) is 0 Å². The molecule has 4 aromatic carbocycles. The summed E-state index contributed by atoms with van der Waals surface area (Å²) in [5.41, 5.74) is 4.84. The molecule has 0 saturated carbocycles. The van der Waals surface area contributed by atoms with E-state index in [9.17, 15) is 0 Å². The van der Waals surface area contributed by atoms with Gasteiger partial charge in [-0.05, 0) is 42.5 Å². The molecule has 4 rings (SSSR count). The third kappa shape index (κ3) is 3.06. The normalized spacial score (nSPS) is 12.3. The maximum atomic E-state index is 4.26. The standard InChI is InChI=1S/C27H24N/c1-2-27(23-15-7-3-8-16-23)28(24-17-9-4-10-18-24,25-19-11-5-12-20-25)26-21-13-6-14-22-26/h2-22,27H,1H2/q+1. The first kappa shape index (κ1) is 18.0. The van der Waals surface area contributed by atoms with Crippen LogP contribution in [0.2, 0.25) is 0 Å². The Balaban J connectivity index is 2.11. The Kier molecular flexibility index (Phi) is 5.18. The highest BCUT2D eigenvalue weighted by atomic mass is 15.4. The summed E-state index contributed by atoms with van der Waals surface area (Å²) in [6.45, 7) is 4.26. The van der Waals surface area contributed by atoms with Crippen LogP contribution in [0.25, 0.3) is 0 Å². The van der Waals surface area contributed by atoms with Gasteiger partial charge in [-0.25, -0.2) is 4.48 Å². The van der Waals surface area contributed by atoms with Crippen LogP contribution in [0.3, 0.4) is 0 Å². The van der Waals surface area contributed by atoms with Gasteiger partial charge < -0.3 is 0 Å². The van der Waals surface area contributed by atoms with Crippen molar-refractivity contribution in [1.82, 2.24) is 4.48 Å². The first-order valence-corrected chi connectivity index (χ1v) is 9.60. The molecule has 0 bridgehead atoms. The molecule has 1 atom stereocenters. The summed E-state index contributed by atoms with van der Waals surface area (Å²) in [7, 11) is 0. The minimum Gasteiger partial charge on any atom is -0.217 e. The zero-order valence-electron chi connectivity index (χ0n) is 15.9. The van der Waals surface area contributed by atoms with Crippen molar-refractivity contribution in [1.29, 1.82) is 0 Å². The minimum absolute atomic E-state index is 0.0217. The van der Waals surface area contributed by atoms with Crippen LogP contribution in [-0.4, -0.2) is 0 Å². The molecule has 4 aromatic rings. The molecule has 0 aliphatic carbocycles. The fraction of sp³-hybridized carbons (Fsp3) is 0.0370. The van der Waals surface area contributed by atoms with Gasteiger partial charge in [0, 0.05) is 5.56 Å². The van der Waals surface area contributed by atoms with Crippen molar-refractivity contribution in [3.8, 4) is 0 Å². The van der Waals surface area contributed by atoms with E-state index in [2.05, 4.69) is 134 Å². The lowest BCUT2D eigenvalue weighted by Gasteiger charge is -2.42. The third-order valence-electron chi connectivity index (χ3n) is 5.27. The quantitative estimate of drug-likeness (QED) is 0.245. The number of rotatable bonds is 6. The van der Waals surface area contributed by atoms with Gasteiger partial charge in [0.2, 0.25) is 0 Å². The second kappa shape index (κ2) is 8.08. The Hall–Kier alpha value is -3.42. The van der Waals surface area contributed by atoms with Crippen molar-refractivity contribution in [2.24, 2.45) is 0 Å². The summed E-state index contributed by atoms with van der Waals surface area (Å²) in [6.07, 6.45) is 2.07. The molecule has 0 aromatic heterocycles. The number of hydrogen-bond acceptors (Lipinski definition) is 0. The largest absolute Gasteiger partial charge is 0.217 e. The molecule has 28 heavy (non-hydrogen) atoms. The van der Waals surface area contributed by atoms with Crippen molar-refractivity contribution < 1.29 is 0 Å². The molecule has 1 heteroatoms. The second-order valence-corrected chi connectivity index (χ2v) is 6.82. The van der Waals surface area contributed by atoms with Crippen LogP contribution >= 0.6 is 0 Å². The number of benzene rings is 4. The summed E-state index contributed by atoms with van der Waals surface area (Å²) in [5, 5.41) is 0. The van der Waals surface area contributed by atoms with E-state index in [0.29, 0.717) is 4.48 Å². The first-order valence-electron chi connectivity index (χ1n) is 9.60. The Morgan fingerprint density at radius 2 is 0.821 bits per heavy atom. The summed E-state index contributed by atoms with van der Waals surface area (Å²) < 4.78 is 0.552. The molecule has 0 aliphatic heterocycles.